The van der Waals surface area contributed by atoms with Gasteiger partial charge >= 0.3 is 0 Å². The molecule has 1 aromatic heterocycles. The van der Waals surface area contributed by atoms with Crippen LogP contribution in [-0.2, 0) is 0 Å². The lowest BCUT2D eigenvalue weighted by molar-refractivity contribution is 1.10. The third-order valence-electron chi connectivity index (χ3n) is 12.1. The summed E-state index contributed by atoms with van der Waals surface area (Å²) in [5.41, 5.74) is 11.7. The molecule has 12 aromatic rings. The summed E-state index contributed by atoms with van der Waals surface area (Å²) >= 11 is 0. The second kappa shape index (κ2) is 13.4. The minimum absolute atomic E-state index is 0.933. The van der Waals surface area contributed by atoms with Crippen LogP contribution in [0.15, 0.2) is 218 Å². The Morgan fingerprint density at radius 2 is 0.831 bits per heavy atom. The van der Waals surface area contributed by atoms with Crippen LogP contribution in [0.1, 0.15) is 0 Å². The number of rotatable bonds is 5. The Morgan fingerprint density at radius 3 is 1.56 bits per heavy atom. The fourth-order valence-electron chi connectivity index (χ4n) is 9.45. The smallest absolute Gasteiger partial charge is 0.145 e. The van der Waals surface area contributed by atoms with E-state index >= 15 is 0 Å². The molecule has 0 amide bonds. The van der Waals surface area contributed by atoms with Crippen LogP contribution in [0.25, 0.3) is 115 Å². The van der Waals surface area contributed by atoms with Crippen molar-refractivity contribution in [1.82, 2.24) is 9.55 Å². The van der Waals surface area contributed by atoms with Gasteiger partial charge in [-0.15, -0.1) is 0 Å². The number of para-hydroxylation sites is 3. The van der Waals surface area contributed by atoms with Crippen molar-refractivity contribution in [2.45, 2.75) is 0 Å². The van der Waals surface area contributed by atoms with Gasteiger partial charge in [-0.3, -0.25) is 4.57 Å². The van der Waals surface area contributed by atoms with Crippen molar-refractivity contribution in [3.63, 3.8) is 0 Å². The van der Waals surface area contributed by atoms with E-state index in [4.69, 9.17) is 4.98 Å². The molecule has 2 nitrogen and oxygen atoms in total. The normalized spacial score (nSPS) is 11.7. The molecule has 0 aliphatic heterocycles. The van der Waals surface area contributed by atoms with Gasteiger partial charge in [-0.25, -0.2) is 4.98 Å². The second-order valence-electron chi connectivity index (χ2n) is 15.5. The number of hydrogen-bond acceptors (Lipinski definition) is 1. The standard InChI is InChI=1S/C57H36N2/c1-2-16-44(17-3-1)59-54-25-13-12-24-53(54)58-57(59)39-29-27-38(28-30-39)55-47-20-8-10-22-49(47)56(50-23-11-9-21-48(50)55)43-33-32-42-35-51(45-18-6-7-19-46(45)52(42)36-43)41-31-26-37-14-4-5-15-40(37)34-41/h1-36H. The molecule has 0 N–H and O–H groups in total. The first-order chi connectivity index (χ1) is 29.3. The number of hydrogen-bond donors (Lipinski definition) is 0. The fraction of sp³-hybridized carbons (Fsp3) is 0. The molecule has 0 aliphatic rings. The van der Waals surface area contributed by atoms with E-state index in [2.05, 4.69) is 223 Å². The monoisotopic (exact) mass is 748 g/mol. The summed E-state index contributed by atoms with van der Waals surface area (Å²) in [6.07, 6.45) is 0. The summed E-state index contributed by atoms with van der Waals surface area (Å²) in [5, 5.41) is 12.5. The molecule has 274 valence electrons. The summed E-state index contributed by atoms with van der Waals surface area (Å²) in [5.74, 6) is 0.933. The highest BCUT2D eigenvalue weighted by Crippen LogP contribution is 2.45. The number of fused-ring (bicyclic) bond motifs is 7. The van der Waals surface area contributed by atoms with Gasteiger partial charge in [-0.05, 0) is 130 Å². The van der Waals surface area contributed by atoms with Gasteiger partial charge in [0.15, 0.2) is 0 Å². The van der Waals surface area contributed by atoms with Crippen LogP contribution >= 0.6 is 0 Å². The molecule has 11 aromatic carbocycles. The SMILES string of the molecule is c1ccc(-n2c(-c3ccc(-c4c5ccccc5c(-c5ccc6cc(-c7ccc8ccccc8c7)c7ccccc7c6c5)c5ccccc45)cc3)nc3ccccc32)cc1. The molecular formula is C57H36N2. The lowest BCUT2D eigenvalue weighted by Gasteiger charge is -2.19. The molecule has 0 spiro atoms. The van der Waals surface area contributed by atoms with Gasteiger partial charge in [-0.2, -0.15) is 0 Å². The van der Waals surface area contributed by atoms with Crippen molar-refractivity contribution in [1.29, 1.82) is 0 Å². The minimum atomic E-state index is 0.933. The van der Waals surface area contributed by atoms with Crippen molar-refractivity contribution in [3.05, 3.63) is 218 Å². The maximum Gasteiger partial charge on any atom is 0.145 e. The Balaban J connectivity index is 1.02. The van der Waals surface area contributed by atoms with Crippen LogP contribution in [0.3, 0.4) is 0 Å². The number of nitrogens with zero attached hydrogens (tertiary/aromatic N) is 2. The van der Waals surface area contributed by atoms with E-state index in [9.17, 15) is 0 Å². The summed E-state index contributed by atoms with van der Waals surface area (Å²) < 4.78 is 2.26. The fourth-order valence-corrected chi connectivity index (χ4v) is 9.45. The van der Waals surface area contributed by atoms with Gasteiger partial charge in [0.05, 0.1) is 11.0 Å². The zero-order chi connectivity index (χ0) is 38.9. The molecule has 0 unspecified atom stereocenters. The average molecular weight is 749 g/mol. The highest BCUT2D eigenvalue weighted by molar-refractivity contribution is 6.23. The molecule has 0 bridgehead atoms. The molecule has 0 saturated carbocycles. The van der Waals surface area contributed by atoms with Crippen molar-refractivity contribution >= 4 is 64.9 Å². The summed E-state index contributed by atoms with van der Waals surface area (Å²) in [6.45, 7) is 0. The first-order valence-electron chi connectivity index (χ1n) is 20.3. The van der Waals surface area contributed by atoms with Gasteiger partial charge in [0.2, 0.25) is 0 Å². The van der Waals surface area contributed by atoms with E-state index in [-0.39, 0.29) is 0 Å². The van der Waals surface area contributed by atoms with Crippen LogP contribution < -0.4 is 0 Å². The van der Waals surface area contributed by atoms with Crippen LogP contribution in [0.4, 0.5) is 0 Å². The van der Waals surface area contributed by atoms with E-state index in [0.717, 1.165) is 28.1 Å². The van der Waals surface area contributed by atoms with Crippen molar-refractivity contribution < 1.29 is 0 Å². The molecule has 0 fully saturated rings. The second-order valence-corrected chi connectivity index (χ2v) is 15.5. The molecule has 1 heterocycles. The zero-order valence-corrected chi connectivity index (χ0v) is 32.2. The predicted octanol–water partition coefficient (Wildman–Crippen LogP) is 15.5. The summed E-state index contributed by atoms with van der Waals surface area (Å²) in [6, 6.07) is 79.5. The van der Waals surface area contributed by atoms with Crippen LogP contribution in [0, 0.1) is 0 Å². The Hall–Kier alpha value is -7.81. The highest BCUT2D eigenvalue weighted by atomic mass is 15.1. The topological polar surface area (TPSA) is 17.8 Å². The molecule has 12 rings (SSSR count). The van der Waals surface area contributed by atoms with E-state index in [1.165, 1.54) is 87.2 Å². The van der Waals surface area contributed by atoms with Crippen molar-refractivity contribution in [2.24, 2.45) is 0 Å². The van der Waals surface area contributed by atoms with E-state index < -0.39 is 0 Å². The van der Waals surface area contributed by atoms with Crippen molar-refractivity contribution in [3.8, 4) is 50.5 Å². The molecule has 2 heteroatoms. The molecule has 0 radical (unpaired) electrons. The molecule has 0 atom stereocenters. The lowest BCUT2D eigenvalue weighted by Crippen LogP contribution is -1.97. The van der Waals surface area contributed by atoms with E-state index in [1.54, 1.807) is 0 Å². The Labute approximate surface area is 341 Å². The van der Waals surface area contributed by atoms with E-state index in [0.29, 0.717) is 0 Å². The molecular weight excluding hydrogens is 713 g/mol. The number of aromatic nitrogens is 2. The minimum Gasteiger partial charge on any atom is -0.292 e. The van der Waals surface area contributed by atoms with Gasteiger partial charge < -0.3 is 0 Å². The molecule has 0 saturated heterocycles. The van der Waals surface area contributed by atoms with Crippen molar-refractivity contribution in [2.75, 3.05) is 0 Å². The Kier molecular flexibility index (Phi) is 7.57. The quantitative estimate of drug-likeness (QED) is 0.127. The molecule has 0 aliphatic carbocycles. The van der Waals surface area contributed by atoms with Crippen LogP contribution in [0.5, 0.6) is 0 Å². The zero-order valence-electron chi connectivity index (χ0n) is 32.2. The summed E-state index contributed by atoms with van der Waals surface area (Å²) in [7, 11) is 0. The third-order valence-corrected chi connectivity index (χ3v) is 12.1. The first kappa shape index (κ1) is 33.3. The Morgan fingerprint density at radius 1 is 0.305 bits per heavy atom. The van der Waals surface area contributed by atoms with Gasteiger partial charge in [0.1, 0.15) is 5.82 Å². The average Bonchev–Trinajstić information content (AvgIpc) is 3.70. The van der Waals surface area contributed by atoms with Gasteiger partial charge in [0, 0.05) is 11.3 Å². The van der Waals surface area contributed by atoms with Gasteiger partial charge in [-0.1, -0.05) is 176 Å². The summed E-state index contributed by atoms with van der Waals surface area (Å²) in [4.78, 5) is 5.14. The molecule has 59 heavy (non-hydrogen) atoms. The van der Waals surface area contributed by atoms with Crippen LogP contribution in [-0.4, -0.2) is 9.55 Å². The first-order valence-corrected chi connectivity index (χ1v) is 20.3. The Bertz CT molecular complexity index is 3540. The maximum absolute atomic E-state index is 5.14. The number of imidazole rings is 1. The van der Waals surface area contributed by atoms with Gasteiger partial charge in [0.25, 0.3) is 0 Å². The maximum atomic E-state index is 5.14. The largest absolute Gasteiger partial charge is 0.292 e. The lowest BCUT2D eigenvalue weighted by atomic mass is 9.85. The van der Waals surface area contributed by atoms with E-state index in [1.807, 2.05) is 0 Å². The third kappa shape index (κ3) is 5.38. The van der Waals surface area contributed by atoms with Crippen LogP contribution in [0.2, 0.25) is 0 Å². The number of benzene rings is 11. The predicted molar refractivity (Wildman–Crippen MR) is 250 cm³/mol. The highest BCUT2D eigenvalue weighted by Gasteiger charge is 2.19.